The van der Waals surface area contributed by atoms with E-state index in [0.717, 1.165) is 37.2 Å². The van der Waals surface area contributed by atoms with Crippen molar-refractivity contribution in [1.29, 1.82) is 0 Å². The van der Waals surface area contributed by atoms with E-state index in [4.69, 9.17) is 15.5 Å². The molecule has 0 spiro atoms. The van der Waals surface area contributed by atoms with E-state index >= 15 is 0 Å². The smallest absolute Gasteiger partial charge is 0.269 e. The number of amides is 1. The van der Waals surface area contributed by atoms with Gasteiger partial charge in [-0.05, 0) is 49.7 Å². The Morgan fingerprint density at radius 2 is 2.03 bits per heavy atom. The lowest BCUT2D eigenvalue weighted by Gasteiger charge is -2.09. The lowest BCUT2D eigenvalue weighted by atomic mass is 10.0. The lowest BCUT2D eigenvalue weighted by Crippen LogP contribution is -2.15. The van der Waals surface area contributed by atoms with Crippen LogP contribution in [0.2, 0.25) is 0 Å². The predicted octanol–water partition coefficient (Wildman–Crippen LogP) is 4.27. The Hall–Kier alpha value is -4.32. The molecule has 2 aromatic carbocycles. The summed E-state index contributed by atoms with van der Waals surface area (Å²) in [6.07, 6.45) is 2.79. The number of nitrogens with two attached hydrogens (primary N) is 1. The van der Waals surface area contributed by atoms with Gasteiger partial charge in [-0.15, -0.1) is 0 Å². The molecule has 0 aliphatic carbocycles. The molecule has 0 radical (unpaired) electrons. The second kappa shape index (κ2) is 8.56. The van der Waals surface area contributed by atoms with Crippen LogP contribution < -0.4 is 10.5 Å². The zero-order valence-electron chi connectivity index (χ0n) is 18.3. The summed E-state index contributed by atoms with van der Waals surface area (Å²) in [7, 11) is 0. The second-order valence-electron chi connectivity index (χ2n) is 8.06. The number of ether oxygens (including phenoxy) is 1. The molecule has 0 saturated carbocycles. The summed E-state index contributed by atoms with van der Waals surface area (Å²) in [6.45, 7) is 3.47. The number of benzene rings is 2. The number of rotatable bonds is 5. The number of nitrogens with zero attached hydrogens (tertiary/aromatic N) is 3. The minimum Gasteiger partial charge on any atom is -0.454 e. The Bertz CT molecular complexity index is 1450. The van der Waals surface area contributed by atoms with E-state index in [9.17, 15) is 13.6 Å². The summed E-state index contributed by atoms with van der Waals surface area (Å²) in [5.41, 5.74) is 8.67. The van der Waals surface area contributed by atoms with Crippen LogP contribution in [0.25, 0.3) is 16.9 Å². The number of H-pyrrole nitrogens is 1. The first-order valence-corrected chi connectivity index (χ1v) is 10.7. The van der Waals surface area contributed by atoms with E-state index < -0.39 is 17.5 Å². The highest BCUT2D eigenvalue weighted by molar-refractivity contribution is 5.98. The zero-order chi connectivity index (χ0) is 23.8. The topological polar surface area (TPSA) is 88.7 Å². The van der Waals surface area contributed by atoms with E-state index in [1.54, 1.807) is 28.8 Å². The minimum atomic E-state index is -0.800. The number of hydrogen-bond acceptors (Lipinski definition) is 4. The van der Waals surface area contributed by atoms with Crippen molar-refractivity contribution < 1.29 is 18.3 Å². The Labute approximate surface area is 194 Å². The molecule has 2 aromatic heterocycles. The van der Waals surface area contributed by atoms with Gasteiger partial charge in [0.1, 0.15) is 17.3 Å². The van der Waals surface area contributed by atoms with Crippen LogP contribution in [0.3, 0.4) is 0 Å². The monoisotopic (exact) mass is 461 g/mol. The number of carbonyl (C=O) groups excluding carboxylic acids is 1. The van der Waals surface area contributed by atoms with E-state index in [2.05, 4.69) is 22.0 Å². The van der Waals surface area contributed by atoms with Gasteiger partial charge in [-0.3, -0.25) is 9.89 Å². The normalized spacial score (nSPS) is 15.4. The summed E-state index contributed by atoms with van der Waals surface area (Å²) in [5, 5.41) is 3.11. The Morgan fingerprint density at radius 1 is 1.24 bits per heavy atom. The SMILES string of the molecule is CC#CN1CCC(c2c[nH]n3c(C(N)=O)c(-c4ccc(Oc5ccc(F)cc5F)cc4)nc23)C1. The van der Waals surface area contributed by atoms with Crippen LogP contribution >= 0.6 is 0 Å². The average molecular weight is 461 g/mol. The van der Waals surface area contributed by atoms with Crippen LogP contribution in [0.5, 0.6) is 11.5 Å². The molecular formula is C25H21F2N5O2. The van der Waals surface area contributed by atoms with Crippen molar-refractivity contribution in [3.05, 3.63) is 71.6 Å². The van der Waals surface area contributed by atoms with Gasteiger partial charge in [-0.1, -0.05) is 5.92 Å². The molecule has 3 heterocycles. The van der Waals surface area contributed by atoms with E-state index in [1.165, 1.54) is 6.07 Å². The van der Waals surface area contributed by atoms with E-state index in [1.807, 2.05) is 13.1 Å². The Morgan fingerprint density at radius 3 is 2.74 bits per heavy atom. The molecule has 3 N–H and O–H groups in total. The quantitative estimate of drug-likeness (QED) is 0.435. The van der Waals surface area contributed by atoms with Crippen LogP contribution in [0.4, 0.5) is 8.78 Å². The zero-order valence-corrected chi connectivity index (χ0v) is 18.3. The number of fused-ring (bicyclic) bond motifs is 1. The third-order valence-corrected chi connectivity index (χ3v) is 5.87. The van der Waals surface area contributed by atoms with Gasteiger partial charge in [-0.2, -0.15) is 0 Å². The van der Waals surface area contributed by atoms with E-state index in [-0.39, 0.29) is 17.4 Å². The van der Waals surface area contributed by atoms with Crippen molar-refractivity contribution in [3.8, 4) is 34.7 Å². The number of aromatic amines is 1. The van der Waals surface area contributed by atoms with Crippen LogP contribution in [0, 0.1) is 23.6 Å². The molecule has 1 unspecified atom stereocenters. The number of likely N-dealkylation sites (tertiary alicyclic amines) is 1. The molecule has 4 aromatic rings. The summed E-state index contributed by atoms with van der Waals surface area (Å²) in [5.74, 6) is 1.31. The fraction of sp³-hybridized carbons (Fsp3) is 0.200. The molecule has 1 atom stereocenters. The number of imidazole rings is 1. The summed E-state index contributed by atoms with van der Waals surface area (Å²) in [4.78, 5) is 19.2. The summed E-state index contributed by atoms with van der Waals surface area (Å²) in [6, 6.07) is 12.8. The molecule has 1 fully saturated rings. The van der Waals surface area contributed by atoms with Crippen molar-refractivity contribution in [2.45, 2.75) is 19.3 Å². The highest BCUT2D eigenvalue weighted by Gasteiger charge is 2.28. The summed E-state index contributed by atoms with van der Waals surface area (Å²) >= 11 is 0. The fourth-order valence-electron chi connectivity index (χ4n) is 4.31. The fourth-order valence-corrected chi connectivity index (χ4v) is 4.31. The van der Waals surface area contributed by atoms with Crippen molar-refractivity contribution in [1.82, 2.24) is 19.5 Å². The third-order valence-electron chi connectivity index (χ3n) is 5.87. The molecule has 34 heavy (non-hydrogen) atoms. The van der Waals surface area contributed by atoms with Gasteiger partial charge < -0.3 is 15.4 Å². The van der Waals surface area contributed by atoms with Crippen LogP contribution in [-0.4, -0.2) is 38.5 Å². The standard InChI is InChI=1S/C25H21F2N5O2/c1-2-10-31-11-9-16(14-31)19-13-29-32-23(24(28)33)22(30-25(19)32)15-3-6-18(7-4-15)34-21-8-5-17(26)12-20(21)27/h3-8,12-13,16,29H,9,11,14H2,1H3,(H2,28,33). The molecule has 9 heteroatoms. The van der Waals surface area contributed by atoms with Gasteiger partial charge in [0, 0.05) is 48.4 Å². The third kappa shape index (κ3) is 3.83. The van der Waals surface area contributed by atoms with Crippen molar-refractivity contribution in [2.24, 2.45) is 5.73 Å². The van der Waals surface area contributed by atoms with Gasteiger partial charge in [0.15, 0.2) is 22.9 Å². The first kappa shape index (κ1) is 21.5. The number of primary amides is 1. The van der Waals surface area contributed by atoms with Crippen molar-refractivity contribution >= 4 is 11.6 Å². The van der Waals surface area contributed by atoms with Gasteiger partial charge in [-0.25, -0.2) is 18.3 Å². The largest absolute Gasteiger partial charge is 0.454 e. The van der Waals surface area contributed by atoms with Gasteiger partial charge >= 0.3 is 0 Å². The molecule has 1 aliphatic heterocycles. The van der Waals surface area contributed by atoms with Crippen LogP contribution in [0.1, 0.15) is 35.3 Å². The molecule has 1 saturated heterocycles. The molecule has 1 amide bonds. The second-order valence-corrected chi connectivity index (χ2v) is 8.06. The van der Waals surface area contributed by atoms with Gasteiger partial charge in [0.25, 0.3) is 5.91 Å². The maximum atomic E-state index is 13.9. The number of halogens is 2. The maximum absolute atomic E-state index is 13.9. The number of carbonyl (C=O) groups is 1. The average Bonchev–Trinajstić information content (AvgIpc) is 3.51. The first-order valence-electron chi connectivity index (χ1n) is 10.7. The number of nitrogens with one attached hydrogen (secondary N) is 1. The molecule has 1 aliphatic rings. The highest BCUT2D eigenvalue weighted by atomic mass is 19.1. The molecule has 7 nitrogen and oxygen atoms in total. The first-order chi connectivity index (χ1) is 16.4. The molecule has 5 rings (SSSR count). The summed E-state index contributed by atoms with van der Waals surface area (Å²) < 4.78 is 34.1. The number of aromatic nitrogens is 3. The van der Waals surface area contributed by atoms with Gasteiger partial charge in [0.05, 0.1) is 0 Å². The Kier molecular flexibility index (Phi) is 5.42. The van der Waals surface area contributed by atoms with E-state index in [0.29, 0.717) is 22.7 Å². The Balaban J connectivity index is 1.47. The number of hydrogen-bond donors (Lipinski definition) is 2. The molecular weight excluding hydrogens is 440 g/mol. The maximum Gasteiger partial charge on any atom is 0.269 e. The minimum absolute atomic E-state index is 0.0923. The molecule has 0 bridgehead atoms. The van der Waals surface area contributed by atoms with Crippen LogP contribution in [-0.2, 0) is 0 Å². The lowest BCUT2D eigenvalue weighted by molar-refractivity contribution is 0.0994. The van der Waals surface area contributed by atoms with Gasteiger partial charge in [0.2, 0.25) is 0 Å². The van der Waals surface area contributed by atoms with Crippen molar-refractivity contribution in [2.75, 3.05) is 13.1 Å². The predicted molar refractivity (Wildman–Crippen MR) is 122 cm³/mol. The van der Waals surface area contributed by atoms with Crippen LogP contribution in [0.15, 0.2) is 48.7 Å². The highest BCUT2D eigenvalue weighted by Crippen LogP contribution is 2.34. The molecule has 172 valence electrons. The van der Waals surface area contributed by atoms with Crippen molar-refractivity contribution in [3.63, 3.8) is 0 Å².